The van der Waals surface area contributed by atoms with Crippen LogP contribution >= 0.6 is 15.9 Å². The van der Waals surface area contributed by atoms with Crippen molar-refractivity contribution in [3.63, 3.8) is 0 Å². The number of halogens is 4. The van der Waals surface area contributed by atoms with Gasteiger partial charge in [0.2, 0.25) is 0 Å². The van der Waals surface area contributed by atoms with E-state index in [9.17, 15) is 13.2 Å². The van der Waals surface area contributed by atoms with Gasteiger partial charge in [0.25, 0.3) is 0 Å². The lowest BCUT2D eigenvalue weighted by atomic mass is 10.3. The summed E-state index contributed by atoms with van der Waals surface area (Å²) in [5, 5.41) is 0. The number of nitrogens with zero attached hydrogens (tertiary/aromatic N) is 1. The Kier molecular flexibility index (Phi) is 2.34. The molecule has 15 heavy (non-hydrogen) atoms. The number of nitrogens with one attached hydrogen (secondary N) is 1. The van der Waals surface area contributed by atoms with Crippen molar-refractivity contribution in [2.75, 3.05) is 0 Å². The van der Waals surface area contributed by atoms with Crippen LogP contribution in [-0.4, -0.2) is 16.3 Å². The van der Waals surface area contributed by atoms with Crippen LogP contribution in [0.15, 0.2) is 22.9 Å². The summed E-state index contributed by atoms with van der Waals surface area (Å²) in [4.78, 5) is 6.73. The quantitative estimate of drug-likeness (QED) is 0.871. The monoisotopic (exact) mass is 280 g/mol. The van der Waals surface area contributed by atoms with Crippen LogP contribution < -0.4 is 4.74 Å². The Morgan fingerprint density at radius 2 is 2.07 bits per heavy atom. The first-order chi connectivity index (χ1) is 6.94. The van der Waals surface area contributed by atoms with Gasteiger partial charge in [-0.15, -0.1) is 13.2 Å². The number of aromatic amines is 1. The van der Waals surface area contributed by atoms with E-state index >= 15 is 0 Å². The minimum Gasteiger partial charge on any atom is -0.406 e. The minimum absolute atomic E-state index is 0.283. The summed E-state index contributed by atoms with van der Waals surface area (Å²) < 4.78 is 39.9. The van der Waals surface area contributed by atoms with E-state index in [1.165, 1.54) is 18.2 Å². The highest BCUT2D eigenvalue weighted by Crippen LogP contribution is 2.26. The first-order valence-corrected chi connectivity index (χ1v) is 4.64. The molecular weight excluding hydrogens is 277 g/mol. The lowest BCUT2D eigenvalue weighted by molar-refractivity contribution is -0.274. The average molecular weight is 281 g/mol. The fourth-order valence-corrected chi connectivity index (χ4v) is 1.56. The smallest absolute Gasteiger partial charge is 0.406 e. The fourth-order valence-electron chi connectivity index (χ4n) is 1.15. The van der Waals surface area contributed by atoms with Crippen LogP contribution in [0.4, 0.5) is 13.2 Å². The van der Waals surface area contributed by atoms with Crippen molar-refractivity contribution in [3.8, 4) is 5.75 Å². The number of rotatable bonds is 1. The SMILES string of the molecule is FC(F)(F)Oc1ccc2[nH]c(Br)nc2c1. The molecule has 0 atom stereocenters. The first-order valence-electron chi connectivity index (χ1n) is 3.85. The number of hydrogen-bond acceptors (Lipinski definition) is 2. The third kappa shape index (κ3) is 2.41. The van der Waals surface area contributed by atoms with Crippen LogP contribution in [0.5, 0.6) is 5.75 Å². The number of aromatic nitrogens is 2. The maximum absolute atomic E-state index is 11.9. The molecule has 2 aromatic rings. The van der Waals surface area contributed by atoms with E-state index in [2.05, 4.69) is 30.6 Å². The molecule has 2 rings (SSSR count). The van der Waals surface area contributed by atoms with Gasteiger partial charge in [0.15, 0.2) is 4.73 Å². The summed E-state index contributed by atoms with van der Waals surface area (Å²) in [5.41, 5.74) is 1.04. The Morgan fingerprint density at radius 1 is 1.33 bits per heavy atom. The molecule has 0 bridgehead atoms. The predicted molar refractivity (Wildman–Crippen MR) is 50.5 cm³/mol. The van der Waals surface area contributed by atoms with E-state index in [-0.39, 0.29) is 5.75 Å². The number of fused-ring (bicyclic) bond motifs is 1. The molecule has 1 aromatic carbocycles. The lowest BCUT2D eigenvalue weighted by Crippen LogP contribution is -2.16. The zero-order valence-electron chi connectivity index (χ0n) is 7.10. The van der Waals surface area contributed by atoms with Crippen molar-refractivity contribution in [1.82, 2.24) is 9.97 Å². The second kappa shape index (κ2) is 3.41. The van der Waals surface area contributed by atoms with E-state index < -0.39 is 6.36 Å². The Bertz CT molecular complexity index is 494. The van der Waals surface area contributed by atoms with Gasteiger partial charge in [0.1, 0.15) is 5.75 Å². The molecule has 0 radical (unpaired) electrons. The van der Waals surface area contributed by atoms with Crippen molar-refractivity contribution >= 4 is 27.0 Å². The van der Waals surface area contributed by atoms with Crippen molar-refractivity contribution in [3.05, 3.63) is 22.9 Å². The van der Waals surface area contributed by atoms with Gasteiger partial charge in [-0.2, -0.15) is 0 Å². The van der Waals surface area contributed by atoms with Gasteiger partial charge in [-0.05, 0) is 28.1 Å². The van der Waals surface area contributed by atoms with Gasteiger partial charge in [0.05, 0.1) is 11.0 Å². The number of alkyl halides is 3. The largest absolute Gasteiger partial charge is 0.573 e. The zero-order valence-corrected chi connectivity index (χ0v) is 8.69. The number of H-pyrrole nitrogens is 1. The third-order valence-electron chi connectivity index (χ3n) is 1.66. The summed E-state index contributed by atoms with van der Waals surface area (Å²) in [5.74, 6) is -0.283. The second-order valence-corrected chi connectivity index (χ2v) is 3.51. The number of ether oxygens (including phenoxy) is 1. The van der Waals surface area contributed by atoms with Crippen LogP contribution in [0.25, 0.3) is 11.0 Å². The fraction of sp³-hybridized carbons (Fsp3) is 0.125. The van der Waals surface area contributed by atoms with Gasteiger partial charge in [0, 0.05) is 6.07 Å². The van der Waals surface area contributed by atoms with Crippen LogP contribution in [0.2, 0.25) is 0 Å². The molecule has 0 fully saturated rings. The number of imidazole rings is 1. The zero-order chi connectivity index (χ0) is 11.1. The normalized spacial score (nSPS) is 12.0. The maximum Gasteiger partial charge on any atom is 0.573 e. The van der Waals surface area contributed by atoms with E-state index in [0.29, 0.717) is 15.8 Å². The van der Waals surface area contributed by atoms with Crippen LogP contribution in [0.1, 0.15) is 0 Å². The van der Waals surface area contributed by atoms with E-state index in [0.717, 1.165) is 0 Å². The molecule has 1 N–H and O–H groups in total. The average Bonchev–Trinajstić information content (AvgIpc) is 2.40. The lowest BCUT2D eigenvalue weighted by Gasteiger charge is -2.07. The standard InChI is InChI=1S/C8H4BrF3N2O/c9-7-13-5-2-1-4(3-6(5)14-7)15-8(10,11)12/h1-3H,(H,13,14). The van der Waals surface area contributed by atoms with Crippen molar-refractivity contribution in [2.45, 2.75) is 6.36 Å². The van der Waals surface area contributed by atoms with Crippen LogP contribution in [-0.2, 0) is 0 Å². The van der Waals surface area contributed by atoms with E-state index in [4.69, 9.17) is 0 Å². The molecule has 0 aliphatic heterocycles. The third-order valence-corrected chi connectivity index (χ3v) is 2.03. The number of benzene rings is 1. The summed E-state index contributed by atoms with van der Waals surface area (Å²) in [6.07, 6.45) is -4.68. The Balaban J connectivity index is 2.38. The summed E-state index contributed by atoms with van der Waals surface area (Å²) in [6, 6.07) is 3.90. The molecule has 7 heteroatoms. The highest BCUT2D eigenvalue weighted by atomic mass is 79.9. The molecule has 1 aromatic heterocycles. The molecule has 80 valence electrons. The molecule has 0 spiro atoms. The van der Waals surface area contributed by atoms with Crippen molar-refractivity contribution in [1.29, 1.82) is 0 Å². The highest BCUT2D eigenvalue weighted by molar-refractivity contribution is 9.10. The van der Waals surface area contributed by atoms with Crippen molar-refractivity contribution in [2.24, 2.45) is 0 Å². The minimum atomic E-state index is -4.68. The van der Waals surface area contributed by atoms with Gasteiger partial charge in [-0.3, -0.25) is 0 Å². The molecule has 1 heterocycles. The molecule has 0 unspecified atom stereocenters. The second-order valence-electron chi connectivity index (χ2n) is 2.75. The van der Waals surface area contributed by atoms with Crippen LogP contribution in [0.3, 0.4) is 0 Å². The van der Waals surface area contributed by atoms with E-state index in [1.807, 2.05) is 0 Å². The molecule has 0 aliphatic carbocycles. The van der Waals surface area contributed by atoms with Crippen LogP contribution in [0, 0.1) is 0 Å². The molecular formula is C8H4BrF3N2O. The summed E-state index contributed by atoms with van der Waals surface area (Å²) in [7, 11) is 0. The molecule has 0 saturated carbocycles. The molecule has 0 saturated heterocycles. The van der Waals surface area contributed by atoms with Gasteiger partial charge in [-0.25, -0.2) is 4.98 Å². The summed E-state index contributed by atoms with van der Waals surface area (Å²) in [6.45, 7) is 0. The highest BCUT2D eigenvalue weighted by Gasteiger charge is 2.31. The Hall–Kier alpha value is -1.24. The van der Waals surface area contributed by atoms with E-state index in [1.54, 1.807) is 0 Å². The number of hydrogen-bond donors (Lipinski definition) is 1. The maximum atomic E-state index is 11.9. The van der Waals surface area contributed by atoms with Gasteiger partial charge in [-0.1, -0.05) is 0 Å². The Labute approximate surface area is 90.4 Å². The topological polar surface area (TPSA) is 37.9 Å². The molecule has 3 nitrogen and oxygen atoms in total. The summed E-state index contributed by atoms with van der Waals surface area (Å²) >= 11 is 3.08. The predicted octanol–water partition coefficient (Wildman–Crippen LogP) is 3.22. The van der Waals surface area contributed by atoms with Crippen molar-refractivity contribution < 1.29 is 17.9 Å². The van der Waals surface area contributed by atoms with Gasteiger partial charge >= 0.3 is 6.36 Å². The Morgan fingerprint density at radius 3 is 2.73 bits per heavy atom. The first kappa shape index (κ1) is 10.3. The molecule has 0 aliphatic rings. The molecule has 0 amide bonds. The van der Waals surface area contributed by atoms with Gasteiger partial charge < -0.3 is 9.72 Å².